The lowest BCUT2D eigenvalue weighted by Crippen LogP contribution is -2.35. The van der Waals surface area contributed by atoms with Gasteiger partial charge in [0.1, 0.15) is 11.9 Å². The number of fused-ring (bicyclic) bond motifs is 1. The Morgan fingerprint density at radius 1 is 1.28 bits per heavy atom. The molecular formula is C15H22N2O. The molecule has 2 aliphatic rings. The highest BCUT2D eigenvalue weighted by atomic mass is 16.5. The zero-order valence-corrected chi connectivity index (χ0v) is 11.1. The predicted octanol–water partition coefficient (Wildman–Crippen LogP) is 2.52. The summed E-state index contributed by atoms with van der Waals surface area (Å²) in [6.07, 6.45) is 5.09. The molecule has 2 heterocycles. The van der Waals surface area contributed by atoms with Crippen molar-refractivity contribution in [3.63, 3.8) is 0 Å². The Hall–Kier alpha value is -1.22. The van der Waals surface area contributed by atoms with Crippen LogP contribution in [-0.4, -0.2) is 37.7 Å². The van der Waals surface area contributed by atoms with E-state index in [1.54, 1.807) is 0 Å². The van der Waals surface area contributed by atoms with Crippen molar-refractivity contribution in [3.8, 4) is 5.75 Å². The van der Waals surface area contributed by atoms with E-state index >= 15 is 0 Å². The third-order valence-corrected chi connectivity index (χ3v) is 3.98. The monoisotopic (exact) mass is 246 g/mol. The number of anilines is 1. The first kappa shape index (κ1) is 11.8. The Labute approximate surface area is 109 Å². The van der Waals surface area contributed by atoms with E-state index in [0.29, 0.717) is 6.10 Å². The first-order valence-electron chi connectivity index (χ1n) is 7.03. The van der Waals surface area contributed by atoms with Gasteiger partial charge in [-0.15, -0.1) is 0 Å². The molecule has 3 rings (SSSR count). The van der Waals surface area contributed by atoms with Gasteiger partial charge in [0.25, 0.3) is 0 Å². The summed E-state index contributed by atoms with van der Waals surface area (Å²) in [4.78, 5) is 2.37. The fraction of sp³-hybridized carbons (Fsp3) is 0.600. The van der Waals surface area contributed by atoms with Crippen molar-refractivity contribution in [2.75, 3.05) is 32.0 Å². The van der Waals surface area contributed by atoms with Crippen molar-refractivity contribution in [1.29, 1.82) is 0 Å². The van der Waals surface area contributed by atoms with Crippen molar-refractivity contribution in [2.45, 2.75) is 31.8 Å². The summed E-state index contributed by atoms with van der Waals surface area (Å²) in [5, 5.41) is 3.44. The van der Waals surface area contributed by atoms with Gasteiger partial charge in [0.15, 0.2) is 0 Å². The van der Waals surface area contributed by atoms with Gasteiger partial charge in [-0.1, -0.05) is 0 Å². The van der Waals surface area contributed by atoms with Gasteiger partial charge in [0.2, 0.25) is 0 Å². The highest BCUT2D eigenvalue weighted by Gasteiger charge is 2.18. The zero-order valence-electron chi connectivity index (χ0n) is 11.1. The van der Waals surface area contributed by atoms with Crippen LogP contribution in [0.4, 0.5) is 5.69 Å². The van der Waals surface area contributed by atoms with Gasteiger partial charge in [0.05, 0.1) is 0 Å². The minimum Gasteiger partial charge on any atom is -0.490 e. The van der Waals surface area contributed by atoms with E-state index < -0.39 is 0 Å². The number of piperidine rings is 1. The molecule has 98 valence electrons. The molecule has 0 saturated carbocycles. The van der Waals surface area contributed by atoms with Crippen LogP contribution in [0.3, 0.4) is 0 Å². The van der Waals surface area contributed by atoms with Crippen LogP contribution in [0.2, 0.25) is 0 Å². The third kappa shape index (κ3) is 2.61. The number of benzene rings is 1. The highest BCUT2D eigenvalue weighted by Crippen LogP contribution is 2.27. The predicted molar refractivity (Wildman–Crippen MR) is 74.4 cm³/mol. The largest absolute Gasteiger partial charge is 0.490 e. The van der Waals surface area contributed by atoms with Crippen molar-refractivity contribution in [2.24, 2.45) is 0 Å². The number of ether oxygens (including phenoxy) is 1. The SMILES string of the molecule is CN1CCC(Oc2ccc3c(c2)CCCN3)CC1. The quantitative estimate of drug-likeness (QED) is 0.868. The van der Waals surface area contributed by atoms with Crippen molar-refractivity contribution >= 4 is 5.69 Å². The molecule has 3 heteroatoms. The van der Waals surface area contributed by atoms with Gasteiger partial charge in [0, 0.05) is 25.3 Å². The van der Waals surface area contributed by atoms with Crippen LogP contribution in [0.5, 0.6) is 5.75 Å². The average molecular weight is 246 g/mol. The molecule has 1 N–H and O–H groups in total. The Kier molecular flexibility index (Phi) is 3.41. The molecule has 0 bridgehead atoms. The Bertz CT molecular complexity index is 411. The molecule has 1 aromatic carbocycles. The molecule has 2 aliphatic heterocycles. The summed E-state index contributed by atoms with van der Waals surface area (Å²) < 4.78 is 6.12. The van der Waals surface area contributed by atoms with E-state index in [-0.39, 0.29) is 0 Å². The number of nitrogens with one attached hydrogen (secondary N) is 1. The van der Waals surface area contributed by atoms with Gasteiger partial charge < -0.3 is 15.0 Å². The molecule has 1 saturated heterocycles. The molecule has 0 atom stereocenters. The zero-order chi connectivity index (χ0) is 12.4. The summed E-state index contributed by atoms with van der Waals surface area (Å²) in [5.74, 6) is 1.05. The smallest absolute Gasteiger partial charge is 0.120 e. The number of likely N-dealkylation sites (tertiary alicyclic amines) is 1. The molecule has 1 fully saturated rings. The maximum Gasteiger partial charge on any atom is 0.120 e. The van der Waals surface area contributed by atoms with Gasteiger partial charge in [-0.2, -0.15) is 0 Å². The summed E-state index contributed by atoms with van der Waals surface area (Å²) >= 11 is 0. The molecule has 0 aromatic heterocycles. The van der Waals surface area contributed by atoms with Crippen molar-refractivity contribution < 1.29 is 4.74 Å². The highest BCUT2D eigenvalue weighted by molar-refractivity contribution is 5.55. The van der Waals surface area contributed by atoms with Gasteiger partial charge in [-0.05, 0) is 56.5 Å². The fourth-order valence-electron chi connectivity index (χ4n) is 2.82. The van der Waals surface area contributed by atoms with Crippen LogP contribution in [0.25, 0.3) is 0 Å². The molecule has 3 nitrogen and oxygen atoms in total. The Balaban J connectivity index is 1.66. The van der Waals surface area contributed by atoms with Crippen LogP contribution in [0.1, 0.15) is 24.8 Å². The number of hydrogen-bond acceptors (Lipinski definition) is 3. The van der Waals surface area contributed by atoms with E-state index in [0.717, 1.165) is 38.2 Å². The lowest BCUT2D eigenvalue weighted by atomic mass is 10.0. The molecule has 0 amide bonds. The van der Waals surface area contributed by atoms with Crippen molar-refractivity contribution in [3.05, 3.63) is 23.8 Å². The topological polar surface area (TPSA) is 24.5 Å². The van der Waals surface area contributed by atoms with Gasteiger partial charge in [-0.25, -0.2) is 0 Å². The van der Waals surface area contributed by atoms with Gasteiger partial charge >= 0.3 is 0 Å². The number of aryl methyl sites for hydroxylation is 1. The summed E-state index contributed by atoms with van der Waals surface area (Å²) in [6.45, 7) is 3.40. The van der Waals surface area contributed by atoms with Crippen LogP contribution in [0, 0.1) is 0 Å². The first-order valence-corrected chi connectivity index (χ1v) is 7.03. The average Bonchev–Trinajstić information content (AvgIpc) is 2.41. The van der Waals surface area contributed by atoms with E-state index in [9.17, 15) is 0 Å². The van der Waals surface area contributed by atoms with Crippen LogP contribution < -0.4 is 10.1 Å². The first-order chi connectivity index (χ1) is 8.81. The minimum atomic E-state index is 0.399. The van der Waals surface area contributed by atoms with E-state index in [1.807, 2.05) is 0 Å². The normalized spacial score (nSPS) is 21.2. The number of hydrogen-bond donors (Lipinski definition) is 1. The Morgan fingerprint density at radius 3 is 2.94 bits per heavy atom. The maximum absolute atomic E-state index is 6.12. The molecule has 18 heavy (non-hydrogen) atoms. The molecule has 0 aliphatic carbocycles. The van der Waals surface area contributed by atoms with E-state index in [4.69, 9.17) is 4.74 Å². The number of rotatable bonds is 2. The van der Waals surface area contributed by atoms with E-state index in [1.165, 1.54) is 24.1 Å². The second kappa shape index (κ2) is 5.19. The second-order valence-electron chi connectivity index (χ2n) is 5.47. The van der Waals surface area contributed by atoms with Crippen LogP contribution in [0.15, 0.2) is 18.2 Å². The lowest BCUT2D eigenvalue weighted by Gasteiger charge is -2.29. The number of nitrogens with zero attached hydrogens (tertiary/aromatic N) is 1. The second-order valence-corrected chi connectivity index (χ2v) is 5.47. The van der Waals surface area contributed by atoms with Crippen LogP contribution in [-0.2, 0) is 6.42 Å². The summed E-state index contributed by atoms with van der Waals surface area (Å²) in [7, 11) is 2.18. The standard InChI is InChI=1S/C15H22N2O/c1-17-9-6-13(7-10-17)18-14-4-5-15-12(11-14)3-2-8-16-15/h4-5,11,13,16H,2-3,6-10H2,1H3. The van der Waals surface area contributed by atoms with Gasteiger partial charge in [-0.3, -0.25) is 0 Å². The maximum atomic E-state index is 6.12. The van der Waals surface area contributed by atoms with E-state index in [2.05, 4.69) is 35.5 Å². The summed E-state index contributed by atoms with van der Waals surface area (Å²) in [5.41, 5.74) is 2.70. The van der Waals surface area contributed by atoms with Crippen LogP contribution >= 0.6 is 0 Å². The fourth-order valence-corrected chi connectivity index (χ4v) is 2.82. The lowest BCUT2D eigenvalue weighted by molar-refractivity contribution is 0.114. The molecule has 0 unspecified atom stereocenters. The molecule has 0 spiro atoms. The Morgan fingerprint density at radius 2 is 2.11 bits per heavy atom. The molecule has 0 radical (unpaired) electrons. The summed E-state index contributed by atoms with van der Waals surface area (Å²) in [6, 6.07) is 6.49. The van der Waals surface area contributed by atoms with Crippen molar-refractivity contribution in [1.82, 2.24) is 4.90 Å². The minimum absolute atomic E-state index is 0.399. The molecular weight excluding hydrogens is 224 g/mol. The third-order valence-electron chi connectivity index (χ3n) is 3.98. The molecule has 1 aromatic rings.